The Morgan fingerprint density at radius 2 is 1.00 bits per heavy atom. The second-order valence-corrected chi connectivity index (χ2v) is 5.67. The molecule has 0 fully saturated rings. The van der Waals surface area contributed by atoms with Crippen molar-refractivity contribution in [2.45, 2.75) is 26.5 Å². The third kappa shape index (κ3) is 3.73. The SMILES string of the molecule is FC(F)(Cl)C(F)(F)C(Cl)(Cl)OC(F)(F)C(F)(Cl)Cl. The fraction of sp³-hybridized carbons (Fsp3) is 1.00. The second-order valence-electron chi connectivity index (χ2n) is 2.71. The Morgan fingerprint density at radius 3 is 1.22 bits per heavy atom. The molecular weight excluding hydrogens is 386 g/mol. The van der Waals surface area contributed by atoms with Gasteiger partial charge >= 0.3 is 22.0 Å². The van der Waals surface area contributed by atoms with Crippen molar-refractivity contribution >= 4 is 58.0 Å². The molecule has 0 radical (unpaired) electrons. The van der Waals surface area contributed by atoms with E-state index in [9.17, 15) is 30.7 Å². The standard InChI is InChI=1S/C5Cl5F7O/c6-2(7,13)5(16,17)18-3(8,9)1(11,12)4(10,14)15. The third-order valence-electron chi connectivity index (χ3n) is 1.31. The minimum Gasteiger partial charge on any atom is -0.273 e. The Morgan fingerprint density at radius 1 is 0.667 bits per heavy atom. The van der Waals surface area contributed by atoms with E-state index in [4.69, 9.17) is 0 Å². The molecule has 1 nitrogen and oxygen atoms in total. The van der Waals surface area contributed by atoms with Crippen LogP contribution < -0.4 is 0 Å². The molecule has 0 N–H and O–H groups in total. The topological polar surface area (TPSA) is 9.23 Å². The van der Waals surface area contributed by atoms with Crippen LogP contribution in [0.3, 0.4) is 0 Å². The molecular formula is C5Cl5F7O. The van der Waals surface area contributed by atoms with Gasteiger partial charge in [0, 0.05) is 0 Å². The maximum atomic E-state index is 12.8. The molecule has 0 saturated heterocycles. The fourth-order valence-corrected chi connectivity index (χ4v) is 1.19. The third-order valence-corrected chi connectivity index (χ3v) is 2.61. The second kappa shape index (κ2) is 5.04. The fourth-order valence-electron chi connectivity index (χ4n) is 0.448. The van der Waals surface area contributed by atoms with Crippen LogP contribution in [0.1, 0.15) is 0 Å². The lowest BCUT2D eigenvalue weighted by molar-refractivity contribution is -0.330. The van der Waals surface area contributed by atoms with Crippen LogP contribution in [-0.4, -0.2) is 26.5 Å². The molecule has 0 heterocycles. The zero-order valence-electron chi connectivity index (χ0n) is 7.44. The van der Waals surface area contributed by atoms with E-state index in [2.05, 4.69) is 62.7 Å². The van der Waals surface area contributed by atoms with Gasteiger partial charge in [-0.15, -0.1) is 0 Å². The summed E-state index contributed by atoms with van der Waals surface area (Å²) in [5.41, 5.74) is 0. The predicted octanol–water partition coefficient (Wildman–Crippen LogP) is 5.29. The van der Waals surface area contributed by atoms with Crippen molar-refractivity contribution in [1.29, 1.82) is 0 Å². The number of hydrogen-bond donors (Lipinski definition) is 0. The predicted molar refractivity (Wildman–Crippen MR) is 51.8 cm³/mol. The van der Waals surface area contributed by atoms with Crippen LogP contribution >= 0.6 is 58.0 Å². The molecule has 0 spiro atoms. The van der Waals surface area contributed by atoms with Gasteiger partial charge in [0.1, 0.15) is 0 Å². The van der Waals surface area contributed by atoms with Gasteiger partial charge in [0.05, 0.1) is 0 Å². The van der Waals surface area contributed by atoms with Gasteiger partial charge in [-0.3, -0.25) is 4.74 Å². The maximum absolute atomic E-state index is 12.8. The molecule has 13 heteroatoms. The minimum absolute atomic E-state index is 2.83. The summed E-state index contributed by atoms with van der Waals surface area (Å²) in [4.78, 5) is 0. The van der Waals surface area contributed by atoms with E-state index in [0.717, 1.165) is 0 Å². The molecule has 0 amide bonds. The van der Waals surface area contributed by atoms with E-state index < -0.39 is 26.5 Å². The summed E-state index contributed by atoms with van der Waals surface area (Å²) in [6.07, 6.45) is -5.43. The van der Waals surface area contributed by atoms with Crippen LogP contribution in [0, 0.1) is 0 Å². The number of rotatable bonds is 5. The van der Waals surface area contributed by atoms with Crippen LogP contribution in [0.15, 0.2) is 0 Å². The van der Waals surface area contributed by atoms with E-state index in [1.165, 1.54) is 0 Å². The van der Waals surface area contributed by atoms with Crippen molar-refractivity contribution < 1.29 is 35.5 Å². The smallest absolute Gasteiger partial charge is 0.273 e. The summed E-state index contributed by atoms with van der Waals surface area (Å²) in [5, 5.41) is -5.47. The molecule has 0 aromatic rings. The van der Waals surface area contributed by atoms with Crippen molar-refractivity contribution in [3.63, 3.8) is 0 Å². The quantitative estimate of drug-likeness (QED) is 0.461. The largest absolute Gasteiger partial charge is 0.421 e. The van der Waals surface area contributed by atoms with Crippen molar-refractivity contribution in [3.05, 3.63) is 0 Å². The molecule has 0 aromatic carbocycles. The van der Waals surface area contributed by atoms with Crippen molar-refractivity contribution in [2.75, 3.05) is 0 Å². The number of ether oxygens (including phenoxy) is 1. The van der Waals surface area contributed by atoms with Crippen LogP contribution in [0.25, 0.3) is 0 Å². The summed E-state index contributed by atoms with van der Waals surface area (Å²) < 4.78 is 81.6. The maximum Gasteiger partial charge on any atom is 0.421 e. The average molecular weight is 386 g/mol. The van der Waals surface area contributed by atoms with Gasteiger partial charge in [-0.05, 0) is 11.6 Å². The Bertz CT molecular complexity index is 308. The first-order valence-corrected chi connectivity index (χ1v) is 5.32. The first-order chi connectivity index (χ1) is 7.46. The Kier molecular flexibility index (Phi) is 5.29. The number of halogens is 12. The number of alkyl halides is 12. The van der Waals surface area contributed by atoms with E-state index >= 15 is 0 Å². The van der Waals surface area contributed by atoms with Crippen molar-refractivity contribution in [1.82, 2.24) is 0 Å². The van der Waals surface area contributed by atoms with E-state index in [0.29, 0.717) is 0 Å². The highest BCUT2D eigenvalue weighted by molar-refractivity contribution is 6.49. The van der Waals surface area contributed by atoms with E-state index in [-0.39, 0.29) is 0 Å². The molecule has 0 aliphatic heterocycles. The molecule has 0 aliphatic rings. The Labute approximate surface area is 120 Å². The lowest BCUT2D eigenvalue weighted by Gasteiger charge is -2.35. The van der Waals surface area contributed by atoms with Crippen LogP contribution in [0.5, 0.6) is 0 Å². The van der Waals surface area contributed by atoms with Gasteiger partial charge in [0.25, 0.3) is 4.52 Å². The molecule has 0 aromatic heterocycles. The van der Waals surface area contributed by atoms with E-state index in [1.807, 2.05) is 0 Å². The van der Waals surface area contributed by atoms with Gasteiger partial charge in [0.15, 0.2) is 0 Å². The first kappa shape index (κ1) is 18.9. The highest BCUT2D eigenvalue weighted by Crippen LogP contribution is 2.55. The van der Waals surface area contributed by atoms with Crippen molar-refractivity contribution in [2.24, 2.45) is 0 Å². The van der Waals surface area contributed by atoms with Crippen LogP contribution in [0.4, 0.5) is 30.7 Å². The molecule has 0 saturated carbocycles. The zero-order chi connectivity index (χ0) is 15.2. The molecule has 110 valence electrons. The number of hydrogen-bond acceptors (Lipinski definition) is 1. The molecule has 0 atom stereocenters. The summed E-state index contributed by atoms with van der Waals surface area (Å²) in [7, 11) is 0. The lowest BCUT2D eigenvalue weighted by Crippen LogP contribution is -2.56. The molecule has 18 heavy (non-hydrogen) atoms. The monoisotopic (exact) mass is 384 g/mol. The summed E-state index contributed by atoms with van der Waals surface area (Å²) >= 11 is 21.3. The van der Waals surface area contributed by atoms with Gasteiger partial charge in [-0.25, -0.2) is 0 Å². The first-order valence-electron chi connectivity index (χ1n) is 3.43. The Hall–Kier alpha value is 0.920. The Balaban J connectivity index is 5.33. The highest BCUT2D eigenvalue weighted by atomic mass is 35.5. The van der Waals surface area contributed by atoms with Crippen LogP contribution in [-0.2, 0) is 4.74 Å². The summed E-state index contributed by atoms with van der Waals surface area (Å²) in [5.74, 6) is -5.72. The van der Waals surface area contributed by atoms with Gasteiger partial charge in [-0.1, -0.05) is 46.4 Å². The highest BCUT2D eigenvalue weighted by Gasteiger charge is 2.73. The molecule has 0 unspecified atom stereocenters. The molecule has 0 aliphatic carbocycles. The lowest BCUT2D eigenvalue weighted by atomic mass is 10.3. The normalized spacial score (nSPS) is 16.0. The minimum atomic E-state index is -5.72. The van der Waals surface area contributed by atoms with Gasteiger partial charge in [0.2, 0.25) is 0 Å². The van der Waals surface area contributed by atoms with E-state index in [1.54, 1.807) is 0 Å². The summed E-state index contributed by atoms with van der Waals surface area (Å²) in [6.45, 7) is 0. The molecule has 0 bridgehead atoms. The zero-order valence-corrected chi connectivity index (χ0v) is 11.2. The van der Waals surface area contributed by atoms with Crippen LogP contribution in [0.2, 0.25) is 0 Å². The average Bonchev–Trinajstić information content (AvgIpc) is 1.96. The van der Waals surface area contributed by atoms with Gasteiger partial charge in [-0.2, -0.15) is 30.7 Å². The van der Waals surface area contributed by atoms with Gasteiger partial charge < -0.3 is 0 Å². The summed E-state index contributed by atoms with van der Waals surface area (Å²) in [6, 6.07) is 0. The molecule has 0 rings (SSSR count). The van der Waals surface area contributed by atoms with Crippen molar-refractivity contribution in [3.8, 4) is 0 Å².